The number of hydrogen-bond acceptors (Lipinski definition) is 6. The van der Waals surface area contributed by atoms with Gasteiger partial charge in [0.05, 0.1) is 10.6 Å². The van der Waals surface area contributed by atoms with E-state index in [2.05, 4.69) is 5.32 Å². The molecule has 1 heterocycles. The summed E-state index contributed by atoms with van der Waals surface area (Å²) < 4.78 is 58.3. The molecular formula is C17H13F2NO6S. The van der Waals surface area contributed by atoms with Crippen LogP contribution in [0.2, 0.25) is 0 Å². The first-order chi connectivity index (χ1) is 12.7. The lowest BCUT2D eigenvalue weighted by atomic mass is 10.1. The molecule has 0 fully saturated rings. The number of hydrogen-bond donors (Lipinski definition) is 1. The maximum absolute atomic E-state index is 12.6. The zero-order valence-corrected chi connectivity index (χ0v) is 14.7. The SMILES string of the molecule is CC(=O)c1cc2c(cc1NC(=O)c1ccc(S(=O)(=O)C(F)F)cc1)OCO2. The third-order valence-electron chi connectivity index (χ3n) is 3.82. The summed E-state index contributed by atoms with van der Waals surface area (Å²) in [4.78, 5) is 23.6. The largest absolute Gasteiger partial charge is 0.454 e. The van der Waals surface area contributed by atoms with Crippen LogP contribution in [0.25, 0.3) is 0 Å². The van der Waals surface area contributed by atoms with Crippen LogP contribution in [0.4, 0.5) is 14.5 Å². The van der Waals surface area contributed by atoms with Gasteiger partial charge in [-0.3, -0.25) is 9.59 Å². The van der Waals surface area contributed by atoms with Crippen molar-refractivity contribution in [1.82, 2.24) is 0 Å². The van der Waals surface area contributed by atoms with Crippen molar-refractivity contribution < 1.29 is 36.3 Å². The van der Waals surface area contributed by atoms with Crippen LogP contribution < -0.4 is 14.8 Å². The third kappa shape index (κ3) is 3.61. The summed E-state index contributed by atoms with van der Waals surface area (Å²) in [5.74, 6) is -3.79. The number of fused-ring (bicyclic) bond motifs is 1. The number of ketones is 1. The van der Waals surface area contributed by atoms with Gasteiger partial charge in [0.25, 0.3) is 5.91 Å². The first-order valence-corrected chi connectivity index (χ1v) is 9.13. The van der Waals surface area contributed by atoms with Crippen molar-refractivity contribution in [1.29, 1.82) is 0 Å². The smallest absolute Gasteiger partial charge is 0.341 e. The maximum atomic E-state index is 12.6. The molecular weight excluding hydrogens is 384 g/mol. The van der Waals surface area contributed by atoms with Crippen LogP contribution in [0.5, 0.6) is 11.5 Å². The van der Waals surface area contributed by atoms with E-state index in [4.69, 9.17) is 9.47 Å². The monoisotopic (exact) mass is 397 g/mol. The van der Waals surface area contributed by atoms with E-state index in [1.54, 1.807) is 0 Å². The van der Waals surface area contributed by atoms with Crippen molar-refractivity contribution in [2.24, 2.45) is 0 Å². The molecule has 0 bridgehead atoms. The van der Waals surface area contributed by atoms with Gasteiger partial charge in [-0.15, -0.1) is 0 Å². The van der Waals surface area contributed by atoms with Gasteiger partial charge in [-0.1, -0.05) is 0 Å². The van der Waals surface area contributed by atoms with Gasteiger partial charge < -0.3 is 14.8 Å². The second-order valence-corrected chi connectivity index (χ2v) is 7.51. The van der Waals surface area contributed by atoms with Crippen LogP contribution in [0.15, 0.2) is 41.3 Å². The lowest BCUT2D eigenvalue weighted by Gasteiger charge is -2.11. The second kappa shape index (κ2) is 6.95. The van der Waals surface area contributed by atoms with Crippen molar-refractivity contribution in [3.63, 3.8) is 0 Å². The fourth-order valence-electron chi connectivity index (χ4n) is 2.43. The zero-order valence-electron chi connectivity index (χ0n) is 13.9. The highest BCUT2D eigenvalue weighted by atomic mass is 32.2. The van der Waals surface area contributed by atoms with Gasteiger partial charge in [0, 0.05) is 17.2 Å². The number of ether oxygens (including phenoxy) is 2. The fourth-order valence-corrected chi connectivity index (χ4v) is 3.15. The number of carbonyl (C=O) groups excluding carboxylic acids is 2. The predicted molar refractivity (Wildman–Crippen MR) is 90.2 cm³/mol. The Kier molecular flexibility index (Phi) is 4.83. The van der Waals surface area contributed by atoms with Gasteiger partial charge in [0.2, 0.25) is 16.6 Å². The Bertz CT molecular complexity index is 1020. The Morgan fingerprint density at radius 2 is 1.67 bits per heavy atom. The van der Waals surface area contributed by atoms with Gasteiger partial charge in [0.15, 0.2) is 17.3 Å². The zero-order chi connectivity index (χ0) is 19.8. The van der Waals surface area contributed by atoms with Gasteiger partial charge >= 0.3 is 5.76 Å². The molecule has 3 rings (SSSR count). The molecule has 1 aliphatic rings. The van der Waals surface area contributed by atoms with Crippen LogP contribution in [-0.2, 0) is 9.84 Å². The molecule has 0 aromatic heterocycles. The molecule has 0 aliphatic carbocycles. The molecule has 27 heavy (non-hydrogen) atoms. The molecule has 10 heteroatoms. The maximum Gasteiger partial charge on any atom is 0.341 e. The van der Waals surface area contributed by atoms with Gasteiger partial charge in [-0.2, -0.15) is 8.78 Å². The van der Waals surface area contributed by atoms with E-state index < -0.39 is 26.4 Å². The summed E-state index contributed by atoms with van der Waals surface area (Å²) in [6.45, 7) is 1.31. The quantitative estimate of drug-likeness (QED) is 0.779. The molecule has 0 atom stereocenters. The van der Waals surface area contributed by atoms with Crippen molar-refractivity contribution in [2.45, 2.75) is 17.6 Å². The number of rotatable bonds is 5. The minimum atomic E-state index is -4.74. The number of alkyl halides is 2. The highest BCUT2D eigenvalue weighted by Crippen LogP contribution is 2.37. The van der Waals surface area contributed by atoms with Gasteiger partial charge in [-0.25, -0.2) is 8.42 Å². The number of anilines is 1. The lowest BCUT2D eigenvalue weighted by molar-refractivity contribution is 0.101. The molecule has 0 unspecified atom stereocenters. The number of benzene rings is 2. The molecule has 0 saturated heterocycles. The van der Waals surface area contributed by atoms with Crippen LogP contribution in [0, 0.1) is 0 Å². The van der Waals surface area contributed by atoms with E-state index in [1.807, 2.05) is 0 Å². The standard InChI is InChI=1S/C17H13F2NO6S/c1-9(21)12-6-14-15(26-8-25-14)7-13(12)20-16(22)10-2-4-11(5-3-10)27(23,24)17(18)19/h2-7,17H,8H2,1H3,(H,20,22). The molecule has 0 spiro atoms. The van der Waals surface area contributed by atoms with Crippen LogP contribution in [-0.4, -0.2) is 32.7 Å². The molecule has 1 aliphatic heterocycles. The first-order valence-electron chi connectivity index (χ1n) is 7.58. The highest BCUT2D eigenvalue weighted by molar-refractivity contribution is 7.91. The van der Waals surface area contributed by atoms with E-state index >= 15 is 0 Å². The Morgan fingerprint density at radius 1 is 1.07 bits per heavy atom. The van der Waals surface area contributed by atoms with Crippen LogP contribution in [0.1, 0.15) is 27.6 Å². The molecule has 2 aromatic rings. The minimum Gasteiger partial charge on any atom is -0.454 e. The second-order valence-electron chi connectivity index (χ2n) is 5.59. The molecule has 0 saturated carbocycles. The Labute approximate surface area is 152 Å². The number of amides is 1. The van der Waals surface area contributed by atoms with Crippen molar-refractivity contribution >= 4 is 27.2 Å². The normalized spacial score (nSPS) is 12.9. The Hall–Kier alpha value is -3.01. The number of nitrogens with one attached hydrogen (secondary N) is 1. The number of Topliss-reactive ketones (excluding diaryl/α,β-unsaturated/α-hetero) is 1. The third-order valence-corrected chi connectivity index (χ3v) is 5.22. The average Bonchev–Trinajstić information content (AvgIpc) is 3.08. The van der Waals surface area contributed by atoms with Crippen molar-refractivity contribution in [3.8, 4) is 11.5 Å². The first kappa shape index (κ1) is 18.8. The number of carbonyl (C=O) groups is 2. The Morgan fingerprint density at radius 3 is 2.22 bits per heavy atom. The van der Waals surface area contributed by atoms with Gasteiger partial charge in [-0.05, 0) is 37.3 Å². The van der Waals surface area contributed by atoms with Crippen LogP contribution in [0.3, 0.4) is 0 Å². The summed E-state index contributed by atoms with van der Waals surface area (Å²) in [5, 5.41) is 2.53. The Balaban J connectivity index is 1.87. The van der Waals surface area contributed by atoms with E-state index in [0.29, 0.717) is 11.5 Å². The predicted octanol–water partition coefficient (Wildman–Crippen LogP) is 2.87. The van der Waals surface area contributed by atoms with Crippen LogP contribution >= 0.6 is 0 Å². The fraction of sp³-hybridized carbons (Fsp3) is 0.176. The summed E-state index contributed by atoms with van der Waals surface area (Å²) >= 11 is 0. The van der Waals surface area contributed by atoms with E-state index in [1.165, 1.54) is 19.1 Å². The summed E-state index contributed by atoms with van der Waals surface area (Å²) in [7, 11) is -4.74. The molecule has 1 N–H and O–H groups in total. The molecule has 7 nitrogen and oxygen atoms in total. The van der Waals surface area contributed by atoms with Crippen molar-refractivity contribution in [2.75, 3.05) is 12.1 Å². The van der Waals surface area contributed by atoms with Gasteiger partial charge in [0.1, 0.15) is 0 Å². The van der Waals surface area contributed by atoms with E-state index in [9.17, 15) is 26.8 Å². The molecule has 2 aromatic carbocycles. The minimum absolute atomic E-state index is 0.00977. The molecule has 0 radical (unpaired) electrons. The topological polar surface area (TPSA) is 98.8 Å². The average molecular weight is 397 g/mol. The van der Waals surface area contributed by atoms with E-state index in [0.717, 1.165) is 24.3 Å². The number of halogens is 2. The lowest BCUT2D eigenvalue weighted by Crippen LogP contribution is -2.15. The summed E-state index contributed by atoms with van der Waals surface area (Å²) in [6.07, 6.45) is 0. The number of sulfone groups is 1. The molecule has 142 valence electrons. The summed E-state index contributed by atoms with van der Waals surface area (Å²) in [5.41, 5.74) is 0.404. The van der Waals surface area contributed by atoms with E-state index in [-0.39, 0.29) is 29.4 Å². The highest BCUT2D eigenvalue weighted by Gasteiger charge is 2.26. The molecule has 1 amide bonds. The summed E-state index contributed by atoms with van der Waals surface area (Å²) in [6, 6.07) is 6.92. The van der Waals surface area contributed by atoms with Crippen molar-refractivity contribution in [3.05, 3.63) is 47.5 Å².